The number of hydrogen-bond donors (Lipinski definition) is 4. The minimum absolute atomic E-state index is 0.471. The molecule has 1 aliphatic rings. The highest BCUT2D eigenvalue weighted by molar-refractivity contribution is 4.93. The van der Waals surface area contributed by atoms with Crippen LogP contribution in [0.15, 0.2) is 0 Å². The van der Waals surface area contributed by atoms with Gasteiger partial charge in [-0.15, -0.1) is 0 Å². The number of aliphatic hydroxyl groups excluding tert-OH is 4. The molecule has 0 saturated carbocycles. The Labute approximate surface area is 93.2 Å². The molecular formula is C9H18O7. The molecule has 0 aromatic carbocycles. The molecule has 0 spiro atoms. The summed E-state index contributed by atoms with van der Waals surface area (Å²) in [6, 6.07) is 0. The Hall–Kier alpha value is -0.280. The molecule has 0 aromatic rings. The Balaban J connectivity index is 2.77. The van der Waals surface area contributed by atoms with Crippen LogP contribution in [0.4, 0.5) is 0 Å². The molecule has 16 heavy (non-hydrogen) atoms. The summed E-state index contributed by atoms with van der Waals surface area (Å²) in [6.07, 6.45) is -6.93. The molecule has 4 N–H and O–H groups in total. The Morgan fingerprint density at radius 1 is 1.06 bits per heavy atom. The summed E-state index contributed by atoms with van der Waals surface area (Å²) in [5.74, 6) is 0. The van der Waals surface area contributed by atoms with Gasteiger partial charge >= 0.3 is 0 Å². The van der Waals surface area contributed by atoms with Crippen molar-refractivity contribution in [2.75, 3.05) is 20.8 Å². The van der Waals surface area contributed by atoms with Crippen molar-refractivity contribution in [1.29, 1.82) is 0 Å². The second-order valence-electron chi connectivity index (χ2n) is 3.63. The fourth-order valence-electron chi connectivity index (χ4n) is 1.72. The normalized spacial score (nSPS) is 40.3. The molecule has 0 amide bonds. The van der Waals surface area contributed by atoms with Gasteiger partial charge in [0.25, 0.3) is 0 Å². The summed E-state index contributed by atoms with van der Waals surface area (Å²) in [5, 5.41) is 37.7. The first-order chi connectivity index (χ1) is 7.56. The molecule has 7 heteroatoms. The fraction of sp³-hybridized carbons (Fsp3) is 1.00. The van der Waals surface area contributed by atoms with Crippen LogP contribution in [0.5, 0.6) is 0 Å². The van der Waals surface area contributed by atoms with Gasteiger partial charge in [-0.3, -0.25) is 0 Å². The quantitative estimate of drug-likeness (QED) is 0.399. The standard InChI is InChI=1S/C9H18O7/c1-14-9(15-2)8-7(13)6(12)5(11)4(3-10)16-8/h4-13H,3H2,1-2H3/t4-,5+,6+,7-,8-/m1/s1. The minimum atomic E-state index is -1.41. The van der Waals surface area contributed by atoms with Crippen LogP contribution >= 0.6 is 0 Å². The van der Waals surface area contributed by atoms with Crippen LogP contribution in [0, 0.1) is 0 Å². The average molecular weight is 238 g/mol. The van der Waals surface area contributed by atoms with Gasteiger partial charge in [0.15, 0.2) is 6.29 Å². The zero-order valence-corrected chi connectivity index (χ0v) is 9.18. The van der Waals surface area contributed by atoms with E-state index in [0.717, 1.165) is 0 Å². The van der Waals surface area contributed by atoms with E-state index >= 15 is 0 Å². The summed E-state index contributed by atoms with van der Waals surface area (Å²) in [6.45, 7) is -0.471. The first-order valence-corrected chi connectivity index (χ1v) is 4.93. The third-order valence-corrected chi connectivity index (χ3v) is 2.66. The summed E-state index contributed by atoms with van der Waals surface area (Å²) < 4.78 is 15.0. The van der Waals surface area contributed by atoms with Crippen molar-refractivity contribution in [2.45, 2.75) is 36.8 Å². The maximum absolute atomic E-state index is 9.68. The molecule has 5 atom stereocenters. The Kier molecular flexibility index (Phi) is 5.06. The van der Waals surface area contributed by atoms with Crippen molar-refractivity contribution in [3.63, 3.8) is 0 Å². The van der Waals surface area contributed by atoms with E-state index in [-0.39, 0.29) is 0 Å². The van der Waals surface area contributed by atoms with Crippen LogP contribution in [-0.2, 0) is 14.2 Å². The van der Waals surface area contributed by atoms with Crippen LogP contribution < -0.4 is 0 Å². The van der Waals surface area contributed by atoms with E-state index in [1.54, 1.807) is 0 Å². The molecule has 1 aliphatic heterocycles. The molecule has 0 radical (unpaired) electrons. The maximum atomic E-state index is 9.68. The van der Waals surface area contributed by atoms with E-state index in [1.165, 1.54) is 14.2 Å². The largest absolute Gasteiger partial charge is 0.394 e. The lowest BCUT2D eigenvalue weighted by Crippen LogP contribution is -2.61. The van der Waals surface area contributed by atoms with Crippen molar-refractivity contribution >= 4 is 0 Å². The molecule has 7 nitrogen and oxygen atoms in total. The van der Waals surface area contributed by atoms with E-state index in [0.29, 0.717) is 0 Å². The number of rotatable bonds is 4. The van der Waals surface area contributed by atoms with Gasteiger partial charge in [0.1, 0.15) is 30.5 Å². The molecule has 1 rings (SSSR count). The molecule has 1 fully saturated rings. The lowest BCUT2D eigenvalue weighted by molar-refractivity contribution is -0.287. The van der Waals surface area contributed by atoms with Crippen LogP contribution in [-0.4, -0.2) is 78.1 Å². The first-order valence-electron chi connectivity index (χ1n) is 4.93. The van der Waals surface area contributed by atoms with Crippen LogP contribution in [0.25, 0.3) is 0 Å². The van der Waals surface area contributed by atoms with Gasteiger partial charge in [0, 0.05) is 14.2 Å². The number of hydrogen-bond acceptors (Lipinski definition) is 7. The van der Waals surface area contributed by atoms with Crippen molar-refractivity contribution in [2.24, 2.45) is 0 Å². The van der Waals surface area contributed by atoms with Crippen molar-refractivity contribution < 1.29 is 34.6 Å². The predicted octanol–water partition coefficient (Wildman–Crippen LogP) is -2.55. The van der Waals surface area contributed by atoms with Crippen LogP contribution in [0.1, 0.15) is 0 Å². The van der Waals surface area contributed by atoms with Gasteiger partial charge in [-0.05, 0) is 0 Å². The van der Waals surface area contributed by atoms with Crippen LogP contribution in [0.2, 0.25) is 0 Å². The average Bonchev–Trinajstić information content (AvgIpc) is 2.30. The fourth-order valence-corrected chi connectivity index (χ4v) is 1.72. The zero-order valence-electron chi connectivity index (χ0n) is 9.18. The Bertz CT molecular complexity index is 203. The van der Waals surface area contributed by atoms with Gasteiger partial charge in [-0.25, -0.2) is 0 Å². The third-order valence-electron chi connectivity index (χ3n) is 2.66. The highest BCUT2D eigenvalue weighted by Crippen LogP contribution is 2.24. The van der Waals surface area contributed by atoms with Gasteiger partial charge in [-0.1, -0.05) is 0 Å². The zero-order chi connectivity index (χ0) is 12.3. The molecule has 0 aromatic heterocycles. The molecule has 0 unspecified atom stereocenters. The smallest absolute Gasteiger partial charge is 0.185 e. The topological polar surface area (TPSA) is 109 Å². The van der Waals surface area contributed by atoms with Crippen molar-refractivity contribution in [3.05, 3.63) is 0 Å². The SMILES string of the molecule is COC(OC)[C@@H]1O[C@H](CO)[C@H](O)[C@H](O)[C@H]1O. The first kappa shape index (κ1) is 13.8. The monoisotopic (exact) mass is 238 g/mol. The third kappa shape index (κ3) is 2.51. The minimum Gasteiger partial charge on any atom is -0.394 e. The van der Waals surface area contributed by atoms with Gasteiger partial charge in [0.05, 0.1) is 6.61 Å². The molecule has 1 saturated heterocycles. The van der Waals surface area contributed by atoms with Crippen molar-refractivity contribution in [3.8, 4) is 0 Å². The Morgan fingerprint density at radius 3 is 2.06 bits per heavy atom. The maximum Gasteiger partial charge on any atom is 0.185 e. The van der Waals surface area contributed by atoms with E-state index < -0.39 is 43.4 Å². The number of aliphatic hydroxyl groups is 4. The second-order valence-corrected chi connectivity index (χ2v) is 3.63. The molecule has 0 bridgehead atoms. The van der Waals surface area contributed by atoms with Gasteiger partial charge in [-0.2, -0.15) is 0 Å². The number of ether oxygens (including phenoxy) is 3. The van der Waals surface area contributed by atoms with Crippen LogP contribution in [0.3, 0.4) is 0 Å². The second kappa shape index (κ2) is 5.87. The van der Waals surface area contributed by atoms with E-state index in [9.17, 15) is 15.3 Å². The van der Waals surface area contributed by atoms with Gasteiger partial charge in [0.2, 0.25) is 0 Å². The van der Waals surface area contributed by atoms with Gasteiger partial charge < -0.3 is 34.6 Å². The van der Waals surface area contributed by atoms with Crippen molar-refractivity contribution in [1.82, 2.24) is 0 Å². The van der Waals surface area contributed by atoms with E-state index in [2.05, 4.69) is 0 Å². The lowest BCUT2D eigenvalue weighted by Gasteiger charge is -2.41. The van der Waals surface area contributed by atoms with E-state index in [4.69, 9.17) is 19.3 Å². The summed E-state index contributed by atoms with van der Waals surface area (Å²) in [7, 11) is 2.71. The summed E-state index contributed by atoms with van der Waals surface area (Å²) in [5.41, 5.74) is 0. The molecular weight excluding hydrogens is 220 g/mol. The summed E-state index contributed by atoms with van der Waals surface area (Å²) in [4.78, 5) is 0. The molecule has 1 heterocycles. The molecule has 0 aliphatic carbocycles. The Morgan fingerprint density at radius 2 is 1.62 bits per heavy atom. The molecule has 96 valence electrons. The lowest BCUT2D eigenvalue weighted by atomic mass is 9.95. The number of methoxy groups -OCH3 is 2. The summed E-state index contributed by atoms with van der Waals surface area (Å²) >= 11 is 0. The van der Waals surface area contributed by atoms with E-state index in [1.807, 2.05) is 0 Å². The highest BCUT2D eigenvalue weighted by atomic mass is 16.7. The highest BCUT2D eigenvalue weighted by Gasteiger charge is 2.46. The predicted molar refractivity (Wildman–Crippen MR) is 51.6 cm³/mol.